The lowest BCUT2D eigenvalue weighted by molar-refractivity contribution is 1.39. The fraction of sp³-hybridized carbons (Fsp3) is 0.0370. The molecule has 0 bridgehead atoms. The summed E-state index contributed by atoms with van der Waals surface area (Å²) in [6, 6.07) is 16.5. The molecule has 1 aromatic heterocycles. The van der Waals surface area contributed by atoms with E-state index in [1.54, 1.807) is 6.21 Å². The maximum absolute atomic E-state index is 5.07. The first-order valence-corrected chi connectivity index (χ1v) is 10.5. The fourth-order valence-electron chi connectivity index (χ4n) is 3.93. The number of aromatic nitrogens is 1. The van der Waals surface area contributed by atoms with Crippen molar-refractivity contribution >= 4 is 67.7 Å². The van der Waals surface area contributed by atoms with E-state index >= 15 is 0 Å². The van der Waals surface area contributed by atoms with E-state index < -0.39 is 0 Å². The molecule has 0 amide bonds. The Kier molecular flexibility index (Phi) is 5.47. The molecule has 0 atom stereocenters. The zero-order valence-corrected chi connectivity index (χ0v) is 18.4. The summed E-state index contributed by atoms with van der Waals surface area (Å²) in [6.07, 6.45) is 7.39. The van der Waals surface area contributed by atoms with Gasteiger partial charge in [-0.1, -0.05) is 84.2 Å². The van der Waals surface area contributed by atoms with Crippen LogP contribution in [0.1, 0.15) is 23.6 Å². The molecule has 0 radical (unpaired) electrons. The molecular weight excluding hydrogens is 432 g/mol. The number of halogens is 1. The van der Waals surface area contributed by atoms with Gasteiger partial charge in [0.1, 0.15) is 0 Å². The van der Waals surface area contributed by atoms with Crippen LogP contribution in [0.3, 0.4) is 0 Å². The summed E-state index contributed by atoms with van der Waals surface area (Å²) < 4.78 is 0.952. The molecule has 3 aromatic carbocycles. The van der Waals surface area contributed by atoms with Gasteiger partial charge >= 0.3 is 0 Å². The van der Waals surface area contributed by atoms with E-state index in [4.69, 9.17) is 4.98 Å². The molecule has 0 fully saturated rings. The number of para-hydroxylation sites is 1. The molecule has 146 valence electrons. The summed E-state index contributed by atoms with van der Waals surface area (Å²) in [5.74, 6) is 0. The number of hydrogen-bond donors (Lipinski definition) is 0. The van der Waals surface area contributed by atoms with Crippen LogP contribution in [0, 0.1) is 0 Å². The highest BCUT2D eigenvalue weighted by Crippen LogP contribution is 2.42. The van der Waals surface area contributed by atoms with Gasteiger partial charge in [-0.2, -0.15) is 0 Å². The SMILES string of the molecule is C=Cc1ccc2c(-c3ccc(Br)c(C=C)c3N=CC)nc3ccccc3c2c1C=C. The second-order valence-corrected chi connectivity index (χ2v) is 7.68. The number of benzene rings is 3. The molecule has 0 aliphatic carbocycles. The summed E-state index contributed by atoms with van der Waals surface area (Å²) in [6.45, 7) is 13.9. The molecule has 0 unspecified atom stereocenters. The van der Waals surface area contributed by atoms with Gasteiger partial charge in [-0.3, -0.25) is 4.99 Å². The second-order valence-electron chi connectivity index (χ2n) is 6.83. The van der Waals surface area contributed by atoms with E-state index in [-0.39, 0.29) is 0 Å². The molecule has 0 saturated heterocycles. The Morgan fingerprint density at radius 1 is 0.867 bits per heavy atom. The topological polar surface area (TPSA) is 25.2 Å². The maximum Gasteiger partial charge on any atom is 0.0810 e. The number of rotatable bonds is 5. The van der Waals surface area contributed by atoms with Crippen molar-refractivity contribution in [1.82, 2.24) is 4.98 Å². The average molecular weight is 453 g/mol. The first-order chi connectivity index (χ1) is 14.6. The van der Waals surface area contributed by atoms with Gasteiger partial charge in [0.25, 0.3) is 0 Å². The highest BCUT2D eigenvalue weighted by atomic mass is 79.9. The van der Waals surface area contributed by atoms with Crippen LogP contribution in [-0.2, 0) is 0 Å². The minimum atomic E-state index is 0.846. The van der Waals surface area contributed by atoms with Crippen molar-refractivity contribution < 1.29 is 0 Å². The Bertz CT molecular complexity index is 1360. The average Bonchev–Trinajstić information content (AvgIpc) is 2.78. The summed E-state index contributed by atoms with van der Waals surface area (Å²) in [4.78, 5) is 9.74. The Labute approximate surface area is 185 Å². The predicted molar refractivity (Wildman–Crippen MR) is 136 cm³/mol. The first-order valence-electron chi connectivity index (χ1n) is 9.68. The number of aliphatic imine (C=N–C) groups is 1. The summed E-state index contributed by atoms with van der Waals surface area (Å²) >= 11 is 3.63. The number of hydrogen-bond acceptors (Lipinski definition) is 2. The van der Waals surface area contributed by atoms with Gasteiger partial charge in [0.2, 0.25) is 0 Å². The van der Waals surface area contributed by atoms with Gasteiger partial charge in [0.15, 0.2) is 0 Å². The van der Waals surface area contributed by atoms with Crippen LogP contribution in [0.4, 0.5) is 5.69 Å². The fourth-order valence-corrected chi connectivity index (χ4v) is 4.41. The highest BCUT2D eigenvalue weighted by Gasteiger charge is 2.18. The largest absolute Gasteiger partial charge is 0.260 e. The van der Waals surface area contributed by atoms with Crippen molar-refractivity contribution in [2.24, 2.45) is 4.99 Å². The maximum atomic E-state index is 5.07. The van der Waals surface area contributed by atoms with Crippen LogP contribution in [0.5, 0.6) is 0 Å². The molecule has 2 nitrogen and oxygen atoms in total. The number of fused-ring (bicyclic) bond motifs is 3. The van der Waals surface area contributed by atoms with Crippen LogP contribution in [0.25, 0.3) is 51.2 Å². The third kappa shape index (κ3) is 3.12. The summed E-state index contributed by atoms with van der Waals surface area (Å²) in [7, 11) is 0. The first kappa shape index (κ1) is 20.0. The van der Waals surface area contributed by atoms with E-state index in [2.05, 4.69) is 64.9 Å². The lowest BCUT2D eigenvalue weighted by Gasteiger charge is -2.16. The molecule has 1 heterocycles. The van der Waals surface area contributed by atoms with Crippen molar-refractivity contribution in [3.05, 3.63) is 89.4 Å². The number of nitrogens with zero attached hydrogens (tertiary/aromatic N) is 2. The molecular formula is C27H21BrN2. The lowest BCUT2D eigenvalue weighted by Crippen LogP contribution is -1.94. The minimum absolute atomic E-state index is 0.846. The molecule has 0 spiro atoms. The Morgan fingerprint density at radius 2 is 1.63 bits per heavy atom. The zero-order valence-electron chi connectivity index (χ0n) is 16.8. The van der Waals surface area contributed by atoms with Gasteiger partial charge in [-0.15, -0.1) is 0 Å². The van der Waals surface area contributed by atoms with Crippen LogP contribution in [0.15, 0.2) is 77.7 Å². The lowest BCUT2D eigenvalue weighted by atomic mass is 9.92. The minimum Gasteiger partial charge on any atom is -0.260 e. The molecule has 0 N–H and O–H groups in total. The van der Waals surface area contributed by atoms with Crippen LogP contribution < -0.4 is 0 Å². The molecule has 0 aliphatic heterocycles. The van der Waals surface area contributed by atoms with Crippen molar-refractivity contribution in [2.45, 2.75) is 6.92 Å². The van der Waals surface area contributed by atoms with Gasteiger partial charge in [-0.25, -0.2) is 4.98 Å². The van der Waals surface area contributed by atoms with Crippen molar-refractivity contribution in [3.8, 4) is 11.3 Å². The third-order valence-electron chi connectivity index (χ3n) is 5.25. The molecule has 4 rings (SSSR count). The van der Waals surface area contributed by atoms with Crippen molar-refractivity contribution in [2.75, 3.05) is 0 Å². The molecule has 3 heteroatoms. The standard InChI is InChI=1S/C27H21BrN2/c1-5-17-13-14-21-25(18(17)6-2)20-11-9-10-12-24(20)30-27(21)22-15-16-23(28)19(7-3)26(22)29-8-4/h5-16H,1-3H2,4H3. The molecule has 0 saturated carbocycles. The summed E-state index contributed by atoms with van der Waals surface area (Å²) in [5, 5.41) is 3.27. The Hall–Kier alpha value is -3.30. The van der Waals surface area contributed by atoms with Crippen LogP contribution >= 0.6 is 15.9 Å². The van der Waals surface area contributed by atoms with Crippen molar-refractivity contribution in [1.29, 1.82) is 0 Å². The van der Waals surface area contributed by atoms with E-state index in [1.165, 1.54) is 0 Å². The van der Waals surface area contributed by atoms with Gasteiger partial charge < -0.3 is 0 Å². The van der Waals surface area contributed by atoms with E-state index in [1.807, 2.05) is 49.4 Å². The molecule has 30 heavy (non-hydrogen) atoms. The van der Waals surface area contributed by atoms with Crippen LogP contribution in [-0.4, -0.2) is 11.2 Å². The van der Waals surface area contributed by atoms with Gasteiger partial charge in [0, 0.05) is 38.0 Å². The highest BCUT2D eigenvalue weighted by molar-refractivity contribution is 9.10. The zero-order chi connectivity index (χ0) is 21.3. The summed E-state index contributed by atoms with van der Waals surface area (Å²) in [5.41, 5.74) is 6.68. The smallest absolute Gasteiger partial charge is 0.0810 e. The number of pyridine rings is 1. The van der Waals surface area contributed by atoms with E-state index in [0.29, 0.717) is 0 Å². The monoisotopic (exact) mass is 452 g/mol. The Morgan fingerprint density at radius 3 is 2.33 bits per heavy atom. The third-order valence-corrected chi connectivity index (χ3v) is 5.94. The molecule has 4 aromatic rings. The van der Waals surface area contributed by atoms with E-state index in [9.17, 15) is 0 Å². The second kappa shape index (κ2) is 8.21. The van der Waals surface area contributed by atoms with Crippen molar-refractivity contribution in [3.63, 3.8) is 0 Å². The van der Waals surface area contributed by atoms with Gasteiger partial charge in [-0.05, 0) is 36.2 Å². The van der Waals surface area contributed by atoms with Gasteiger partial charge in [0.05, 0.1) is 16.9 Å². The van der Waals surface area contributed by atoms with E-state index in [0.717, 1.165) is 59.8 Å². The Balaban J connectivity index is 2.25. The van der Waals surface area contributed by atoms with Crippen LogP contribution in [0.2, 0.25) is 0 Å². The quantitative estimate of drug-likeness (QED) is 0.220. The molecule has 0 aliphatic rings. The predicted octanol–water partition coefficient (Wildman–Crippen LogP) is 8.47. The normalized spacial score (nSPS) is 11.3.